The summed E-state index contributed by atoms with van der Waals surface area (Å²) in [5.41, 5.74) is 0.698. The van der Waals surface area contributed by atoms with Crippen LogP contribution >= 0.6 is 0 Å². The number of nitro benzene ring substituents is 1. The van der Waals surface area contributed by atoms with Crippen molar-refractivity contribution in [3.05, 3.63) is 39.9 Å². The normalized spacial score (nSPS) is 22.4. The van der Waals surface area contributed by atoms with Crippen LogP contribution in [0.5, 0.6) is 0 Å². The van der Waals surface area contributed by atoms with E-state index in [0.29, 0.717) is 17.9 Å². The molecule has 0 aromatic heterocycles. The van der Waals surface area contributed by atoms with E-state index in [1.165, 1.54) is 31.4 Å². The summed E-state index contributed by atoms with van der Waals surface area (Å²) < 4.78 is 5.10. The Labute approximate surface area is 128 Å². The van der Waals surface area contributed by atoms with E-state index in [-0.39, 0.29) is 18.3 Å². The Hall–Kier alpha value is -2.35. The maximum Gasteiger partial charge on any atom is 0.307 e. The summed E-state index contributed by atoms with van der Waals surface area (Å²) in [6, 6.07) is 5.97. The molecular weight excluding hydrogens is 282 g/mol. The van der Waals surface area contributed by atoms with Crippen molar-refractivity contribution in [2.24, 2.45) is 17.8 Å². The van der Waals surface area contributed by atoms with Crippen molar-refractivity contribution in [2.45, 2.75) is 25.7 Å². The average Bonchev–Trinajstić information content (AvgIpc) is 3.37. The molecule has 0 amide bonds. The highest BCUT2D eigenvalue weighted by Crippen LogP contribution is 2.55. The lowest BCUT2D eigenvalue weighted by atomic mass is 10.2. The predicted octanol–water partition coefficient (Wildman–Crippen LogP) is 2.93. The standard InChI is InChI=1S/C17H17NO4/c19-17(11-14-10-16(14)13-5-6-13)22-9-1-2-12-3-7-15(8-4-12)18(20)21/h3-4,7-8,13-14,16H,5-6,9-11H2/t14-,16-/m0/s1. The summed E-state index contributed by atoms with van der Waals surface area (Å²) in [6.45, 7) is 0.0661. The first-order valence-electron chi connectivity index (χ1n) is 7.52. The molecule has 1 aromatic carbocycles. The maximum absolute atomic E-state index is 11.6. The van der Waals surface area contributed by atoms with Crippen molar-refractivity contribution < 1.29 is 14.5 Å². The SMILES string of the molecule is O=C(C[C@@H]1C[C@H]1C1CC1)OCC#Cc1ccc([N+](=O)[O-])cc1. The molecule has 2 aliphatic carbocycles. The van der Waals surface area contributed by atoms with Crippen molar-refractivity contribution in [3.8, 4) is 11.8 Å². The molecule has 0 aliphatic heterocycles. The van der Waals surface area contributed by atoms with E-state index in [9.17, 15) is 14.9 Å². The van der Waals surface area contributed by atoms with Crippen LogP contribution in [0.15, 0.2) is 24.3 Å². The number of ether oxygens (including phenoxy) is 1. The molecule has 2 aliphatic rings. The average molecular weight is 299 g/mol. The van der Waals surface area contributed by atoms with E-state index in [2.05, 4.69) is 11.8 Å². The molecule has 0 radical (unpaired) electrons. The van der Waals surface area contributed by atoms with Crippen molar-refractivity contribution in [1.82, 2.24) is 0 Å². The summed E-state index contributed by atoms with van der Waals surface area (Å²) in [6.07, 6.45) is 4.35. The Morgan fingerprint density at radius 3 is 2.68 bits per heavy atom. The van der Waals surface area contributed by atoms with Crippen LogP contribution in [0.3, 0.4) is 0 Å². The zero-order valence-corrected chi connectivity index (χ0v) is 12.2. The first kappa shape index (κ1) is 14.6. The molecule has 114 valence electrons. The maximum atomic E-state index is 11.6. The smallest absolute Gasteiger partial charge is 0.307 e. The first-order chi connectivity index (χ1) is 10.6. The van der Waals surface area contributed by atoms with Gasteiger partial charge in [-0.25, -0.2) is 0 Å². The Morgan fingerprint density at radius 2 is 2.05 bits per heavy atom. The lowest BCUT2D eigenvalue weighted by Gasteiger charge is -1.99. The number of carbonyl (C=O) groups is 1. The highest BCUT2D eigenvalue weighted by Gasteiger charge is 2.47. The molecule has 22 heavy (non-hydrogen) atoms. The molecule has 2 atom stereocenters. The molecule has 0 unspecified atom stereocenters. The van der Waals surface area contributed by atoms with Crippen molar-refractivity contribution in [1.29, 1.82) is 0 Å². The van der Waals surface area contributed by atoms with Gasteiger partial charge in [0.2, 0.25) is 0 Å². The van der Waals surface area contributed by atoms with Crippen LogP contribution in [-0.2, 0) is 9.53 Å². The molecule has 0 N–H and O–H groups in total. The van der Waals surface area contributed by atoms with Gasteiger partial charge in [0, 0.05) is 24.1 Å². The van der Waals surface area contributed by atoms with Gasteiger partial charge < -0.3 is 4.74 Å². The fourth-order valence-corrected chi connectivity index (χ4v) is 2.80. The van der Waals surface area contributed by atoms with Gasteiger partial charge in [-0.1, -0.05) is 11.8 Å². The van der Waals surface area contributed by atoms with Crippen LogP contribution in [0, 0.1) is 39.7 Å². The number of nitrogens with zero attached hydrogens (tertiary/aromatic N) is 1. The zero-order chi connectivity index (χ0) is 15.5. The number of nitro groups is 1. The van der Waals surface area contributed by atoms with E-state index in [4.69, 9.17) is 4.74 Å². The van der Waals surface area contributed by atoms with E-state index in [1.54, 1.807) is 12.1 Å². The second-order valence-corrected chi connectivity index (χ2v) is 5.97. The molecule has 0 bridgehead atoms. The Balaban J connectivity index is 1.39. The van der Waals surface area contributed by atoms with Crippen LogP contribution in [0.2, 0.25) is 0 Å². The third kappa shape index (κ3) is 3.85. The number of hydrogen-bond donors (Lipinski definition) is 0. The summed E-state index contributed by atoms with van der Waals surface area (Å²) in [5, 5.41) is 10.5. The number of carbonyl (C=O) groups excluding carboxylic acids is 1. The first-order valence-corrected chi connectivity index (χ1v) is 7.52. The molecule has 1 aromatic rings. The lowest BCUT2D eigenvalue weighted by molar-refractivity contribution is -0.384. The van der Waals surface area contributed by atoms with Gasteiger partial charge in [0.05, 0.1) is 4.92 Å². The number of hydrogen-bond acceptors (Lipinski definition) is 4. The summed E-state index contributed by atoms with van der Waals surface area (Å²) in [5.74, 6) is 7.57. The second-order valence-electron chi connectivity index (χ2n) is 5.97. The zero-order valence-electron chi connectivity index (χ0n) is 12.2. The molecule has 5 heteroatoms. The minimum Gasteiger partial charge on any atom is -0.452 e. The van der Waals surface area contributed by atoms with Crippen LogP contribution in [0.25, 0.3) is 0 Å². The summed E-state index contributed by atoms with van der Waals surface area (Å²) in [4.78, 5) is 21.7. The minimum absolute atomic E-state index is 0.0339. The minimum atomic E-state index is -0.453. The third-order valence-corrected chi connectivity index (χ3v) is 4.25. The van der Waals surface area contributed by atoms with E-state index in [0.717, 1.165) is 11.8 Å². The van der Waals surface area contributed by atoms with Crippen LogP contribution in [0.4, 0.5) is 5.69 Å². The summed E-state index contributed by atoms with van der Waals surface area (Å²) in [7, 11) is 0. The van der Waals surface area contributed by atoms with Crippen LogP contribution in [-0.4, -0.2) is 17.5 Å². The summed E-state index contributed by atoms with van der Waals surface area (Å²) >= 11 is 0. The lowest BCUT2D eigenvalue weighted by Crippen LogP contribution is -2.06. The number of non-ortho nitro benzene ring substituents is 1. The van der Waals surface area contributed by atoms with Gasteiger partial charge in [0.25, 0.3) is 5.69 Å². The fraction of sp³-hybridized carbons (Fsp3) is 0.471. The Morgan fingerprint density at radius 1 is 1.32 bits per heavy atom. The van der Waals surface area contributed by atoms with E-state index >= 15 is 0 Å². The molecule has 2 fully saturated rings. The quantitative estimate of drug-likeness (QED) is 0.363. The predicted molar refractivity (Wildman–Crippen MR) is 79.9 cm³/mol. The van der Waals surface area contributed by atoms with E-state index in [1.807, 2.05) is 0 Å². The van der Waals surface area contributed by atoms with Gasteiger partial charge in [0.1, 0.15) is 0 Å². The van der Waals surface area contributed by atoms with Gasteiger partial charge in [-0.3, -0.25) is 14.9 Å². The van der Waals surface area contributed by atoms with E-state index < -0.39 is 4.92 Å². The second kappa shape index (κ2) is 6.18. The molecule has 2 saturated carbocycles. The molecule has 0 saturated heterocycles. The molecular formula is C17H17NO4. The van der Waals surface area contributed by atoms with Gasteiger partial charge in [-0.05, 0) is 49.1 Å². The number of benzene rings is 1. The molecule has 0 heterocycles. The van der Waals surface area contributed by atoms with Gasteiger partial charge in [-0.2, -0.15) is 0 Å². The topological polar surface area (TPSA) is 69.4 Å². The third-order valence-electron chi connectivity index (χ3n) is 4.25. The van der Waals surface area contributed by atoms with Crippen molar-refractivity contribution in [3.63, 3.8) is 0 Å². The van der Waals surface area contributed by atoms with Crippen molar-refractivity contribution >= 4 is 11.7 Å². The Bertz CT molecular complexity index is 637. The van der Waals surface area contributed by atoms with Crippen LogP contribution < -0.4 is 0 Å². The molecule has 0 spiro atoms. The fourth-order valence-electron chi connectivity index (χ4n) is 2.80. The number of rotatable bonds is 5. The molecule has 5 nitrogen and oxygen atoms in total. The molecule has 3 rings (SSSR count). The van der Waals surface area contributed by atoms with Gasteiger partial charge >= 0.3 is 5.97 Å². The number of esters is 1. The largest absolute Gasteiger partial charge is 0.452 e. The monoisotopic (exact) mass is 299 g/mol. The highest BCUT2D eigenvalue weighted by atomic mass is 16.6. The Kier molecular flexibility index (Phi) is 4.10. The van der Waals surface area contributed by atoms with Gasteiger partial charge in [0.15, 0.2) is 6.61 Å². The van der Waals surface area contributed by atoms with Gasteiger partial charge in [-0.15, -0.1) is 0 Å². The highest BCUT2D eigenvalue weighted by molar-refractivity contribution is 5.70. The van der Waals surface area contributed by atoms with Crippen molar-refractivity contribution in [2.75, 3.05) is 6.61 Å². The van der Waals surface area contributed by atoms with Crippen LogP contribution in [0.1, 0.15) is 31.2 Å².